The number of hydrogen-bond acceptors (Lipinski definition) is 2. The second kappa shape index (κ2) is 6.87. The second-order valence-electron chi connectivity index (χ2n) is 2.20. The Hall–Kier alpha value is -1.24. The van der Waals surface area contributed by atoms with Crippen molar-refractivity contribution < 1.29 is 9.90 Å². The van der Waals surface area contributed by atoms with E-state index in [2.05, 4.69) is 5.32 Å². The molecule has 62 valence electrons. The van der Waals surface area contributed by atoms with Crippen LogP contribution < -0.4 is 5.32 Å². The third-order valence-corrected chi connectivity index (χ3v) is 1.24. The molecule has 11 heavy (non-hydrogen) atoms. The molecule has 0 heterocycles. The summed E-state index contributed by atoms with van der Waals surface area (Å²) in [6.07, 6.45) is 2.16. The standard InChI is InChI=1S/C7H12N2O2/c8-5-3-1-2-4-6-9-7(10)11/h9H,1-4,6H2,(H,10,11). The Morgan fingerprint density at radius 3 is 2.73 bits per heavy atom. The molecule has 0 spiro atoms. The van der Waals surface area contributed by atoms with Crippen LogP contribution in [0.5, 0.6) is 0 Å². The fourth-order valence-corrected chi connectivity index (χ4v) is 0.701. The van der Waals surface area contributed by atoms with Crippen LogP contribution >= 0.6 is 0 Å². The van der Waals surface area contributed by atoms with Crippen LogP contribution in [0.15, 0.2) is 0 Å². The number of unbranched alkanes of at least 4 members (excludes halogenated alkanes) is 3. The number of rotatable bonds is 5. The highest BCUT2D eigenvalue weighted by Crippen LogP contribution is 1.96. The van der Waals surface area contributed by atoms with Gasteiger partial charge in [-0.3, -0.25) is 0 Å². The normalized spacial score (nSPS) is 8.64. The molecule has 0 fully saturated rings. The summed E-state index contributed by atoms with van der Waals surface area (Å²) >= 11 is 0. The van der Waals surface area contributed by atoms with Crippen molar-refractivity contribution in [3.05, 3.63) is 0 Å². The zero-order chi connectivity index (χ0) is 8.53. The summed E-state index contributed by atoms with van der Waals surface area (Å²) in [6, 6.07) is 2.03. The van der Waals surface area contributed by atoms with Gasteiger partial charge in [-0.2, -0.15) is 5.26 Å². The van der Waals surface area contributed by atoms with Gasteiger partial charge in [0, 0.05) is 13.0 Å². The van der Waals surface area contributed by atoms with E-state index in [-0.39, 0.29) is 0 Å². The quantitative estimate of drug-likeness (QED) is 0.590. The topological polar surface area (TPSA) is 73.1 Å². The number of nitrogens with one attached hydrogen (secondary N) is 1. The molecule has 0 aliphatic rings. The molecule has 0 aromatic rings. The van der Waals surface area contributed by atoms with Gasteiger partial charge < -0.3 is 10.4 Å². The van der Waals surface area contributed by atoms with E-state index in [0.717, 1.165) is 19.3 Å². The summed E-state index contributed by atoms with van der Waals surface area (Å²) in [4.78, 5) is 9.92. The van der Waals surface area contributed by atoms with Crippen molar-refractivity contribution in [2.75, 3.05) is 6.54 Å². The summed E-state index contributed by atoms with van der Waals surface area (Å²) in [6.45, 7) is 0.487. The average Bonchev–Trinajstić information content (AvgIpc) is 1.96. The highest BCUT2D eigenvalue weighted by Gasteiger charge is 1.92. The molecule has 0 aliphatic carbocycles. The van der Waals surface area contributed by atoms with Crippen LogP contribution in [0.25, 0.3) is 0 Å². The number of hydrogen-bond donors (Lipinski definition) is 2. The predicted molar refractivity (Wildman–Crippen MR) is 40.1 cm³/mol. The zero-order valence-corrected chi connectivity index (χ0v) is 6.34. The van der Waals surface area contributed by atoms with Gasteiger partial charge in [0.2, 0.25) is 0 Å². The van der Waals surface area contributed by atoms with Crippen LogP contribution in [0.4, 0.5) is 4.79 Å². The molecule has 0 radical (unpaired) electrons. The molecule has 0 aromatic heterocycles. The van der Waals surface area contributed by atoms with E-state index >= 15 is 0 Å². The van der Waals surface area contributed by atoms with Gasteiger partial charge in [-0.1, -0.05) is 6.42 Å². The molecule has 4 heteroatoms. The number of carboxylic acid groups (broad SMARTS) is 1. The molecular weight excluding hydrogens is 144 g/mol. The summed E-state index contributed by atoms with van der Waals surface area (Å²) in [5.41, 5.74) is 0. The summed E-state index contributed by atoms with van der Waals surface area (Å²) in [7, 11) is 0. The van der Waals surface area contributed by atoms with Gasteiger partial charge in [0.25, 0.3) is 0 Å². The molecule has 4 nitrogen and oxygen atoms in total. The number of carbonyl (C=O) groups is 1. The van der Waals surface area contributed by atoms with E-state index in [4.69, 9.17) is 10.4 Å². The number of nitriles is 1. The molecule has 0 atom stereocenters. The first-order chi connectivity index (χ1) is 5.27. The van der Waals surface area contributed by atoms with Crippen molar-refractivity contribution in [3.63, 3.8) is 0 Å². The molecule has 0 aliphatic heterocycles. The largest absolute Gasteiger partial charge is 0.465 e. The van der Waals surface area contributed by atoms with Crippen LogP contribution in [-0.4, -0.2) is 17.7 Å². The molecule has 0 rings (SSSR count). The Balaban J connectivity index is 2.92. The molecule has 0 aromatic carbocycles. The maximum Gasteiger partial charge on any atom is 0.404 e. The predicted octanol–water partition coefficient (Wildman–Crippen LogP) is 1.34. The van der Waals surface area contributed by atoms with Crippen LogP contribution in [0.3, 0.4) is 0 Å². The van der Waals surface area contributed by atoms with Crippen molar-refractivity contribution in [1.82, 2.24) is 5.32 Å². The molecule has 2 N–H and O–H groups in total. The first-order valence-corrected chi connectivity index (χ1v) is 3.61. The van der Waals surface area contributed by atoms with Crippen molar-refractivity contribution in [2.45, 2.75) is 25.7 Å². The average molecular weight is 156 g/mol. The van der Waals surface area contributed by atoms with Crippen LogP contribution in [-0.2, 0) is 0 Å². The highest BCUT2D eigenvalue weighted by molar-refractivity contribution is 5.64. The van der Waals surface area contributed by atoms with Crippen molar-refractivity contribution in [1.29, 1.82) is 5.26 Å². The lowest BCUT2D eigenvalue weighted by Crippen LogP contribution is -2.21. The Labute approximate surface area is 65.8 Å². The minimum atomic E-state index is -0.981. The molecule has 0 saturated heterocycles. The lowest BCUT2D eigenvalue weighted by Gasteiger charge is -1.97. The SMILES string of the molecule is N#CCCCCCNC(=O)O. The Kier molecular flexibility index (Phi) is 6.10. The summed E-state index contributed by atoms with van der Waals surface area (Å²) in [5.74, 6) is 0. The van der Waals surface area contributed by atoms with Crippen LogP contribution in [0.1, 0.15) is 25.7 Å². The van der Waals surface area contributed by atoms with E-state index in [1.165, 1.54) is 0 Å². The maximum atomic E-state index is 9.92. The van der Waals surface area contributed by atoms with E-state index in [0.29, 0.717) is 13.0 Å². The van der Waals surface area contributed by atoms with Crippen LogP contribution in [0.2, 0.25) is 0 Å². The zero-order valence-electron chi connectivity index (χ0n) is 6.34. The number of amides is 1. The molecule has 0 unspecified atom stereocenters. The fraction of sp³-hybridized carbons (Fsp3) is 0.714. The van der Waals surface area contributed by atoms with Gasteiger partial charge >= 0.3 is 6.09 Å². The van der Waals surface area contributed by atoms with E-state index < -0.39 is 6.09 Å². The lowest BCUT2D eigenvalue weighted by molar-refractivity contribution is 0.194. The minimum absolute atomic E-state index is 0.487. The van der Waals surface area contributed by atoms with Gasteiger partial charge in [-0.15, -0.1) is 0 Å². The Morgan fingerprint density at radius 2 is 2.18 bits per heavy atom. The first kappa shape index (κ1) is 9.76. The first-order valence-electron chi connectivity index (χ1n) is 3.61. The molecular formula is C7H12N2O2. The van der Waals surface area contributed by atoms with Gasteiger partial charge in [-0.25, -0.2) is 4.79 Å². The third kappa shape index (κ3) is 8.76. The second-order valence-corrected chi connectivity index (χ2v) is 2.20. The van der Waals surface area contributed by atoms with Gasteiger partial charge in [0.15, 0.2) is 0 Å². The van der Waals surface area contributed by atoms with E-state index in [1.807, 2.05) is 6.07 Å². The smallest absolute Gasteiger partial charge is 0.404 e. The Bertz CT molecular complexity index is 151. The summed E-state index contributed by atoms with van der Waals surface area (Å²) < 4.78 is 0. The van der Waals surface area contributed by atoms with Gasteiger partial charge in [-0.05, 0) is 12.8 Å². The monoisotopic (exact) mass is 156 g/mol. The third-order valence-electron chi connectivity index (χ3n) is 1.24. The fourth-order valence-electron chi connectivity index (χ4n) is 0.701. The number of nitrogens with zero attached hydrogens (tertiary/aromatic N) is 1. The lowest BCUT2D eigenvalue weighted by atomic mass is 10.2. The van der Waals surface area contributed by atoms with Gasteiger partial charge in [0.05, 0.1) is 6.07 Å². The van der Waals surface area contributed by atoms with Crippen molar-refractivity contribution in [3.8, 4) is 6.07 Å². The van der Waals surface area contributed by atoms with Crippen molar-refractivity contribution >= 4 is 6.09 Å². The van der Waals surface area contributed by atoms with Gasteiger partial charge in [0.1, 0.15) is 0 Å². The molecule has 0 saturated carbocycles. The van der Waals surface area contributed by atoms with Crippen molar-refractivity contribution in [2.24, 2.45) is 0 Å². The molecule has 0 bridgehead atoms. The van der Waals surface area contributed by atoms with Crippen LogP contribution in [0, 0.1) is 11.3 Å². The highest BCUT2D eigenvalue weighted by atomic mass is 16.4. The van der Waals surface area contributed by atoms with E-state index in [9.17, 15) is 4.79 Å². The maximum absolute atomic E-state index is 9.92. The summed E-state index contributed by atoms with van der Waals surface area (Å²) in [5, 5.41) is 18.6. The molecule has 1 amide bonds. The minimum Gasteiger partial charge on any atom is -0.465 e. The Morgan fingerprint density at radius 1 is 1.45 bits per heavy atom. The van der Waals surface area contributed by atoms with E-state index in [1.54, 1.807) is 0 Å².